The van der Waals surface area contributed by atoms with E-state index in [9.17, 15) is 4.79 Å². The minimum absolute atomic E-state index is 0.0816. The van der Waals surface area contributed by atoms with Gasteiger partial charge < -0.3 is 14.4 Å². The first kappa shape index (κ1) is 14.0. The molecule has 2 aliphatic rings. The highest BCUT2D eigenvalue weighted by Crippen LogP contribution is 2.37. The number of nitrogens with zero attached hydrogens (tertiary/aromatic N) is 4. The molecule has 8 heteroatoms. The number of rotatable bonds is 2. The minimum atomic E-state index is -0.157. The lowest BCUT2D eigenvalue weighted by Crippen LogP contribution is -2.39. The number of para-hydroxylation sites is 1. The summed E-state index contributed by atoms with van der Waals surface area (Å²) in [6.07, 6.45) is 2.83. The monoisotopic (exact) mass is 315 g/mol. The molecule has 1 fully saturated rings. The van der Waals surface area contributed by atoms with Crippen LogP contribution in [0.3, 0.4) is 0 Å². The quantitative estimate of drug-likeness (QED) is 0.899. The van der Waals surface area contributed by atoms with Crippen molar-refractivity contribution in [2.45, 2.75) is 25.3 Å². The fourth-order valence-electron chi connectivity index (χ4n) is 3.15. The van der Waals surface area contributed by atoms with E-state index in [2.05, 4.69) is 20.6 Å². The second-order valence-electron chi connectivity index (χ2n) is 5.61. The molecule has 120 valence electrons. The summed E-state index contributed by atoms with van der Waals surface area (Å²) in [5, 5.41) is 14.2. The van der Waals surface area contributed by atoms with Gasteiger partial charge in [-0.1, -0.05) is 11.3 Å². The van der Waals surface area contributed by atoms with Crippen LogP contribution < -0.4 is 9.47 Å². The molecule has 2 aliphatic heterocycles. The zero-order chi connectivity index (χ0) is 15.6. The molecule has 0 bridgehead atoms. The van der Waals surface area contributed by atoms with Crippen LogP contribution in [0.25, 0.3) is 0 Å². The van der Waals surface area contributed by atoms with Crippen LogP contribution in [-0.2, 0) is 0 Å². The molecule has 0 saturated carbocycles. The molecule has 1 unspecified atom stereocenters. The van der Waals surface area contributed by atoms with Crippen LogP contribution >= 0.6 is 0 Å². The van der Waals surface area contributed by atoms with Gasteiger partial charge in [-0.2, -0.15) is 5.21 Å². The number of ether oxygens (including phenoxy) is 2. The first-order valence-corrected chi connectivity index (χ1v) is 7.77. The Bertz CT molecular complexity index is 703. The molecular formula is C15H17N5O3. The highest BCUT2D eigenvalue weighted by molar-refractivity contribution is 5.98. The van der Waals surface area contributed by atoms with E-state index in [4.69, 9.17) is 9.47 Å². The summed E-state index contributed by atoms with van der Waals surface area (Å²) in [6.45, 7) is 1.62. The number of nitrogens with one attached hydrogen (secondary N) is 1. The molecular weight excluding hydrogens is 298 g/mol. The van der Waals surface area contributed by atoms with Crippen molar-refractivity contribution in [1.29, 1.82) is 0 Å². The normalized spacial score (nSPS) is 20.3. The van der Waals surface area contributed by atoms with Crippen LogP contribution in [0, 0.1) is 0 Å². The number of H-pyrrole nitrogens is 1. The second-order valence-corrected chi connectivity index (χ2v) is 5.61. The number of amides is 1. The molecule has 23 heavy (non-hydrogen) atoms. The molecule has 0 radical (unpaired) electrons. The smallest absolute Gasteiger partial charge is 0.258 e. The number of carbonyl (C=O) groups is 1. The maximum Gasteiger partial charge on any atom is 0.258 e. The van der Waals surface area contributed by atoms with E-state index < -0.39 is 0 Å². The van der Waals surface area contributed by atoms with Crippen molar-refractivity contribution < 1.29 is 14.3 Å². The Balaban J connectivity index is 1.67. The van der Waals surface area contributed by atoms with E-state index in [1.54, 1.807) is 6.07 Å². The number of tetrazole rings is 1. The Hall–Kier alpha value is -2.64. The van der Waals surface area contributed by atoms with Gasteiger partial charge in [0, 0.05) is 6.54 Å². The Morgan fingerprint density at radius 1 is 1.26 bits per heavy atom. The molecule has 0 aliphatic carbocycles. The number of hydrogen-bond donors (Lipinski definition) is 1. The second kappa shape index (κ2) is 5.86. The zero-order valence-corrected chi connectivity index (χ0v) is 12.6. The molecule has 1 atom stereocenters. The fraction of sp³-hybridized carbons (Fsp3) is 0.467. The summed E-state index contributed by atoms with van der Waals surface area (Å²) >= 11 is 0. The van der Waals surface area contributed by atoms with Gasteiger partial charge in [0.15, 0.2) is 17.3 Å². The molecule has 1 aromatic carbocycles. The van der Waals surface area contributed by atoms with Gasteiger partial charge in [-0.3, -0.25) is 4.79 Å². The van der Waals surface area contributed by atoms with Crippen molar-refractivity contribution >= 4 is 5.91 Å². The standard InChI is InChI=1S/C15H17N5O3/c21-15(10-4-3-6-12-13(10)23-9-8-22-12)20-7-2-1-5-11(20)14-16-18-19-17-14/h3-4,6,11H,1-2,5,7-9H2,(H,16,17,18,19). The predicted octanol–water partition coefficient (Wildman–Crippen LogP) is 1.34. The van der Waals surface area contributed by atoms with Gasteiger partial charge in [-0.15, -0.1) is 10.2 Å². The number of aromatic nitrogens is 4. The SMILES string of the molecule is O=C(c1cccc2c1OCCO2)N1CCCCC1c1nn[nH]n1. The molecule has 4 rings (SSSR count). The first-order valence-electron chi connectivity index (χ1n) is 7.77. The summed E-state index contributed by atoms with van der Waals surface area (Å²) in [4.78, 5) is 14.9. The number of aromatic amines is 1. The van der Waals surface area contributed by atoms with E-state index in [1.807, 2.05) is 17.0 Å². The van der Waals surface area contributed by atoms with Crippen LogP contribution in [0.2, 0.25) is 0 Å². The summed E-state index contributed by atoms with van der Waals surface area (Å²) in [7, 11) is 0. The first-order chi connectivity index (χ1) is 11.3. The summed E-state index contributed by atoms with van der Waals surface area (Å²) in [5.74, 6) is 1.62. The molecule has 1 aromatic heterocycles. The van der Waals surface area contributed by atoms with Gasteiger partial charge in [0.05, 0.1) is 11.6 Å². The highest BCUT2D eigenvalue weighted by atomic mass is 16.6. The molecule has 0 spiro atoms. The molecule has 1 amide bonds. The summed E-state index contributed by atoms with van der Waals surface area (Å²) in [6, 6.07) is 5.25. The summed E-state index contributed by atoms with van der Waals surface area (Å²) < 4.78 is 11.2. The molecule has 8 nitrogen and oxygen atoms in total. The topological polar surface area (TPSA) is 93.2 Å². The number of piperidine rings is 1. The van der Waals surface area contributed by atoms with Crippen molar-refractivity contribution in [3.8, 4) is 11.5 Å². The lowest BCUT2D eigenvalue weighted by atomic mass is 10.00. The third-order valence-corrected chi connectivity index (χ3v) is 4.22. The summed E-state index contributed by atoms with van der Waals surface area (Å²) in [5.41, 5.74) is 0.526. The average Bonchev–Trinajstić information content (AvgIpc) is 3.15. The number of hydrogen-bond acceptors (Lipinski definition) is 6. The van der Waals surface area contributed by atoms with Gasteiger partial charge in [0.25, 0.3) is 5.91 Å². The number of carbonyl (C=O) groups excluding carboxylic acids is 1. The van der Waals surface area contributed by atoms with E-state index in [1.165, 1.54) is 0 Å². The molecule has 1 N–H and O–H groups in total. The Morgan fingerprint density at radius 2 is 2.17 bits per heavy atom. The van der Waals surface area contributed by atoms with Crippen molar-refractivity contribution in [2.24, 2.45) is 0 Å². The largest absolute Gasteiger partial charge is 0.486 e. The van der Waals surface area contributed by atoms with E-state index >= 15 is 0 Å². The third kappa shape index (κ3) is 2.49. The van der Waals surface area contributed by atoms with Crippen molar-refractivity contribution in [3.63, 3.8) is 0 Å². The number of likely N-dealkylation sites (tertiary alicyclic amines) is 1. The Kier molecular flexibility index (Phi) is 3.57. The lowest BCUT2D eigenvalue weighted by Gasteiger charge is -2.34. The van der Waals surface area contributed by atoms with Gasteiger partial charge in [0.2, 0.25) is 0 Å². The van der Waals surface area contributed by atoms with Crippen molar-refractivity contribution in [2.75, 3.05) is 19.8 Å². The van der Waals surface area contributed by atoms with Crippen LogP contribution in [0.4, 0.5) is 0 Å². The number of fused-ring (bicyclic) bond motifs is 1. The Labute approximate surface area is 132 Å². The van der Waals surface area contributed by atoms with E-state index in [0.717, 1.165) is 19.3 Å². The van der Waals surface area contributed by atoms with Crippen molar-refractivity contribution in [1.82, 2.24) is 25.5 Å². The highest BCUT2D eigenvalue weighted by Gasteiger charge is 2.33. The van der Waals surface area contributed by atoms with Gasteiger partial charge in [0.1, 0.15) is 13.2 Å². The van der Waals surface area contributed by atoms with Crippen LogP contribution in [-0.4, -0.2) is 51.2 Å². The Morgan fingerprint density at radius 3 is 3.04 bits per heavy atom. The fourth-order valence-corrected chi connectivity index (χ4v) is 3.15. The van der Waals surface area contributed by atoms with Gasteiger partial charge >= 0.3 is 0 Å². The maximum atomic E-state index is 13.1. The average molecular weight is 315 g/mol. The van der Waals surface area contributed by atoms with Gasteiger partial charge in [-0.25, -0.2) is 0 Å². The zero-order valence-electron chi connectivity index (χ0n) is 12.6. The molecule has 3 heterocycles. The number of benzene rings is 1. The molecule has 2 aromatic rings. The van der Waals surface area contributed by atoms with Crippen molar-refractivity contribution in [3.05, 3.63) is 29.6 Å². The predicted molar refractivity (Wildman–Crippen MR) is 79.2 cm³/mol. The van der Waals surface area contributed by atoms with E-state index in [-0.39, 0.29) is 11.9 Å². The lowest BCUT2D eigenvalue weighted by molar-refractivity contribution is 0.0590. The van der Waals surface area contributed by atoms with Crippen LogP contribution in [0.5, 0.6) is 11.5 Å². The molecule has 1 saturated heterocycles. The third-order valence-electron chi connectivity index (χ3n) is 4.22. The minimum Gasteiger partial charge on any atom is -0.486 e. The van der Waals surface area contributed by atoms with E-state index in [0.29, 0.717) is 42.6 Å². The van der Waals surface area contributed by atoms with Gasteiger partial charge in [-0.05, 0) is 31.4 Å². The maximum absolute atomic E-state index is 13.1. The van der Waals surface area contributed by atoms with Crippen LogP contribution in [0.1, 0.15) is 41.5 Å². The van der Waals surface area contributed by atoms with Crippen LogP contribution in [0.15, 0.2) is 18.2 Å².